The van der Waals surface area contributed by atoms with Gasteiger partial charge in [0, 0.05) is 16.8 Å². The lowest BCUT2D eigenvalue weighted by atomic mass is 10.2. The molecule has 98 valence electrons. The summed E-state index contributed by atoms with van der Waals surface area (Å²) in [5, 5.41) is 12.3. The molecule has 0 aliphatic rings. The van der Waals surface area contributed by atoms with E-state index in [9.17, 15) is 0 Å². The van der Waals surface area contributed by atoms with Crippen LogP contribution in [0.2, 0.25) is 4.47 Å². The van der Waals surface area contributed by atoms with Crippen molar-refractivity contribution in [2.45, 2.75) is 13.5 Å². The molecule has 4 nitrogen and oxygen atoms in total. The Labute approximate surface area is 120 Å². The predicted molar refractivity (Wildman–Crippen MR) is 76.8 cm³/mol. The zero-order chi connectivity index (χ0) is 13.7. The molecule has 19 heavy (non-hydrogen) atoms. The SMILES string of the molecule is CCOc1ccc(NCc2cnc(Cl)s2)cc1C#N. The summed E-state index contributed by atoms with van der Waals surface area (Å²) in [7, 11) is 0. The largest absolute Gasteiger partial charge is 0.492 e. The lowest BCUT2D eigenvalue weighted by Crippen LogP contribution is -1.99. The first kappa shape index (κ1) is 13.7. The molecular formula is C13H12ClN3OS. The van der Waals surface area contributed by atoms with E-state index < -0.39 is 0 Å². The van der Waals surface area contributed by atoms with Gasteiger partial charge in [0.1, 0.15) is 11.8 Å². The van der Waals surface area contributed by atoms with Gasteiger partial charge in [-0.05, 0) is 25.1 Å². The van der Waals surface area contributed by atoms with E-state index in [1.54, 1.807) is 18.3 Å². The molecular weight excluding hydrogens is 282 g/mol. The highest BCUT2D eigenvalue weighted by atomic mass is 35.5. The maximum absolute atomic E-state index is 9.07. The number of nitrogens with zero attached hydrogens (tertiary/aromatic N) is 2. The zero-order valence-electron chi connectivity index (χ0n) is 10.3. The highest BCUT2D eigenvalue weighted by Gasteiger charge is 2.05. The van der Waals surface area contributed by atoms with E-state index in [0.717, 1.165) is 10.6 Å². The lowest BCUT2D eigenvalue weighted by Gasteiger charge is -2.08. The summed E-state index contributed by atoms with van der Waals surface area (Å²) in [6.07, 6.45) is 1.74. The molecule has 2 rings (SSSR count). The number of nitriles is 1. The van der Waals surface area contributed by atoms with Gasteiger partial charge in [-0.1, -0.05) is 11.6 Å². The number of thiazole rings is 1. The maximum atomic E-state index is 9.07. The topological polar surface area (TPSA) is 57.9 Å². The molecule has 0 atom stereocenters. The molecule has 1 aromatic heterocycles. The van der Waals surface area contributed by atoms with Crippen LogP contribution in [-0.2, 0) is 6.54 Å². The quantitative estimate of drug-likeness (QED) is 0.913. The van der Waals surface area contributed by atoms with Crippen LogP contribution in [0.25, 0.3) is 0 Å². The smallest absolute Gasteiger partial charge is 0.183 e. The van der Waals surface area contributed by atoms with Crippen molar-refractivity contribution < 1.29 is 4.74 Å². The molecule has 1 heterocycles. The van der Waals surface area contributed by atoms with Gasteiger partial charge < -0.3 is 10.1 Å². The Morgan fingerprint density at radius 2 is 2.37 bits per heavy atom. The molecule has 0 unspecified atom stereocenters. The fourth-order valence-electron chi connectivity index (χ4n) is 1.56. The molecule has 0 bridgehead atoms. The van der Waals surface area contributed by atoms with Gasteiger partial charge >= 0.3 is 0 Å². The van der Waals surface area contributed by atoms with Gasteiger partial charge in [0.15, 0.2) is 4.47 Å². The van der Waals surface area contributed by atoms with Gasteiger partial charge in [-0.25, -0.2) is 4.98 Å². The van der Waals surface area contributed by atoms with Crippen LogP contribution in [0.1, 0.15) is 17.4 Å². The fraction of sp³-hybridized carbons (Fsp3) is 0.231. The van der Waals surface area contributed by atoms with E-state index in [0.29, 0.717) is 28.9 Å². The van der Waals surface area contributed by atoms with Crippen LogP contribution in [0.5, 0.6) is 5.75 Å². The number of anilines is 1. The Hall–Kier alpha value is -1.77. The van der Waals surface area contributed by atoms with Crippen molar-refractivity contribution in [3.05, 3.63) is 39.3 Å². The monoisotopic (exact) mass is 293 g/mol. The Morgan fingerprint density at radius 3 is 3.00 bits per heavy atom. The number of hydrogen-bond donors (Lipinski definition) is 1. The van der Waals surface area contributed by atoms with Crippen LogP contribution in [0.4, 0.5) is 5.69 Å². The van der Waals surface area contributed by atoms with E-state index >= 15 is 0 Å². The lowest BCUT2D eigenvalue weighted by molar-refractivity contribution is 0.339. The molecule has 0 spiro atoms. The van der Waals surface area contributed by atoms with Crippen molar-refractivity contribution in [2.75, 3.05) is 11.9 Å². The molecule has 0 saturated heterocycles. The molecule has 1 N–H and O–H groups in total. The standard InChI is InChI=1S/C13H12ClN3OS/c1-2-18-12-4-3-10(5-9(12)6-15)16-7-11-8-17-13(14)19-11/h3-5,8,16H,2,7H2,1H3. The van der Waals surface area contributed by atoms with Crippen molar-refractivity contribution >= 4 is 28.6 Å². The number of hydrogen-bond acceptors (Lipinski definition) is 5. The third-order valence-electron chi connectivity index (χ3n) is 2.39. The fourth-order valence-corrected chi connectivity index (χ4v) is 2.48. The first-order valence-corrected chi connectivity index (χ1v) is 6.93. The van der Waals surface area contributed by atoms with Gasteiger partial charge in [0.05, 0.1) is 18.7 Å². The molecule has 2 aromatic rings. The minimum atomic E-state index is 0.522. The van der Waals surface area contributed by atoms with Crippen molar-refractivity contribution in [2.24, 2.45) is 0 Å². The summed E-state index contributed by atoms with van der Waals surface area (Å²) in [5.74, 6) is 0.608. The average Bonchev–Trinajstić information content (AvgIpc) is 2.83. The molecule has 0 aliphatic heterocycles. The number of aromatic nitrogens is 1. The summed E-state index contributed by atoms with van der Waals surface area (Å²) in [5.41, 5.74) is 1.39. The normalized spacial score (nSPS) is 9.95. The Bertz CT molecular complexity index is 606. The summed E-state index contributed by atoms with van der Waals surface area (Å²) in [4.78, 5) is 5.01. The summed E-state index contributed by atoms with van der Waals surface area (Å²) in [6.45, 7) is 3.06. The van der Waals surface area contributed by atoms with Crippen molar-refractivity contribution in [1.82, 2.24) is 4.98 Å². The second-order valence-corrected chi connectivity index (χ2v) is 5.39. The number of benzene rings is 1. The molecule has 0 radical (unpaired) electrons. The van der Waals surface area contributed by atoms with Crippen LogP contribution in [0.15, 0.2) is 24.4 Å². The van der Waals surface area contributed by atoms with Crippen molar-refractivity contribution in [3.63, 3.8) is 0 Å². The van der Waals surface area contributed by atoms with Crippen LogP contribution >= 0.6 is 22.9 Å². The van der Waals surface area contributed by atoms with Crippen LogP contribution < -0.4 is 10.1 Å². The zero-order valence-corrected chi connectivity index (χ0v) is 11.9. The second-order valence-electron chi connectivity index (χ2n) is 3.69. The molecule has 0 amide bonds. The maximum Gasteiger partial charge on any atom is 0.183 e. The third-order valence-corrected chi connectivity index (χ3v) is 3.51. The third kappa shape index (κ3) is 3.60. The van der Waals surface area contributed by atoms with Crippen molar-refractivity contribution in [3.8, 4) is 11.8 Å². The van der Waals surface area contributed by atoms with Crippen LogP contribution in [0, 0.1) is 11.3 Å². The van der Waals surface area contributed by atoms with E-state index in [4.69, 9.17) is 21.6 Å². The summed E-state index contributed by atoms with van der Waals surface area (Å²) in [6, 6.07) is 7.58. The molecule has 0 aliphatic carbocycles. The Morgan fingerprint density at radius 1 is 1.53 bits per heavy atom. The number of nitrogens with one attached hydrogen (secondary N) is 1. The highest BCUT2D eigenvalue weighted by Crippen LogP contribution is 2.23. The van der Waals surface area contributed by atoms with Gasteiger partial charge in [0.25, 0.3) is 0 Å². The highest BCUT2D eigenvalue weighted by molar-refractivity contribution is 7.15. The number of rotatable bonds is 5. The summed E-state index contributed by atoms with van der Waals surface area (Å²) >= 11 is 7.20. The van der Waals surface area contributed by atoms with E-state index in [1.165, 1.54) is 11.3 Å². The summed E-state index contributed by atoms with van der Waals surface area (Å²) < 4.78 is 5.90. The first-order valence-electron chi connectivity index (χ1n) is 5.74. The molecule has 0 saturated carbocycles. The Balaban J connectivity index is 2.07. The molecule has 0 fully saturated rings. The van der Waals surface area contributed by atoms with Crippen LogP contribution in [0.3, 0.4) is 0 Å². The van der Waals surface area contributed by atoms with E-state index in [2.05, 4.69) is 16.4 Å². The Kier molecular flexibility index (Phi) is 4.61. The molecule has 6 heteroatoms. The van der Waals surface area contributed by atoms with Crippen LogP contribution in [-0.4, -0.2) is 11.6 Å². The van der Waals surface area contributed by atoms with E-state index in [1.807, 2.05) is 13.0 Å². The van der Waals surface area contributed by atoms with Crippen molar-refractivity contribution in [1.29, 1.82) is 5.26 Å². The van der Waals surface area contributed by atoms with Gasteiger partial charge in [-0.15, -0.1) is 11.3 Å². The van der Waals surface area contributed by atoms with Gasteiger partial charge in [-0.3, -0.25) is 0 Å². The number of ether oxygens (including phenoxy) is 1. The van der Waals surface area contributed by atoms with Gasteiger partial charge in [-0.2, -0.15) is 5.26 Å². The van der Waals surface area contributed by atoms with E-state index in [-0.39, 0.29) is 0 Å². The minimum Gasteiger partial charge on any atom is -0.492 e. The predicted octanol–water partition coefficient (Wildman–Crippen LogP) is 3.68. The minimum absolute atomic E-state index is 0.522. The second kappa shape index (κ2) is 6.41. The number of halogens is 1. The van der Waals surface area contributed by atoms with Gasteiger partial charge in [0.2, 0.25) is 0 Å². The molecule has 1 aromatic carbocycles. The average molecular weight is 294 g/mol. The first-order chi connectivity index (χ1) is 9.22.